The molecule has 0 aliphatic rings. The highest BCUT2D eigenvalue weighted by atomic mass is 32.1. The van der Waals surface area contributed by atoms with E-state index in [1.165, 1.54) is 17.4 Å². The smallest absolute Gasteiger partial charge is 0.273 e. The van der Waals surface area contributed by atoms with Crippen LogP contribution in [0.2, 0.25) is 0 Å². The van der Waals surface area contributed by atoms with Gasteiger partial charge in [0.15, 0.2) is 5.13 Å². The molecule has 2 aromatic rings. The van der Waals surface area contributed by atoms with E-state index in [1.807, 2.05) is 19.2 Å². The molecule has 1 N–H and O–H groups in total. The van der Waals surface area contributed by atoms with Gasteiger partial charge < -0.3 is 5.32 Å². The van der Waals surface area contributed by atoms with Crippen molar-refractivity contribution in [3.05, 3.63) is 51.0 Å². The number of aromatic nitrogens is 1. The van der Waals surface area contributed by atoms with Gasteiger partial charge in [0, 0.05) is 17.0 Å². The lowest BCUT2D eigenvalue weighted by atomic mass is 10.1. The fourth-order valence-electron chi connectivity index (χ4n) is 1.78. The number of anilines is 1. The molecular weight excluding hydrogens is 290 g/mol. The molecule has 1 heterocycles. The van der Waals surface area contributed by atoms with Crippen molar-refractivity contribution < 1.29 is 9.72 Å². The lowest BCUT2D eigenvalue weighted by Gasteiger charge is -2.03. The van der Waals surface area contributed by atoms with Gasteiger partial charge in [-0.15, -0.1) is 11.3 Å². The van der Waals surface area contributed by atoms with Crippen molar-refractivity contribution in [3.8, 4) is 0 Å². The van der Waals surface area contributed by atoms with Crippen LogP contribution in [0.5, 0.6) is 0 Å². The zero-order chi connectivity index (χ0) is 15.4. The molecule has 0 radical (unpaired) electrons. The second-order valence-electron chi connectivity index (χ2n) is 4.84. The Morgan fingerprint density at radius 2 is 2.14 bits per heavy atom. The highest BCUT2D eigenvalue weighted by molar-refractivity contribution is 7.13. The summed E-state index contributed by atoms with van der Waals surface area (Å²) in [6.07, 6.45) is -0.0479. The second kappa shape index (κ2) is 6.45. The molecule has 0 unspecified atom stereocenters. The van der Waals surface area contributed by atoms with E-state index in [9.17, 15) is 14.9 Å². The minimum atomic E-state index is -0.483. The van der Waals surface area contributed by atoms with Crippen molar-refractivity contribution >= 4 is 28.1 Å². The van der Waals surface area contributed by atoms with Gasteiger partial charge in [-0.25, -0.2) is 4.98 Å². The Balaban J connectivity index is 2.06. The molecular formula is C14H15N3O3S. The number of nitrogens with one attached hydrogen (secondary N) is 1. The van der Waals surface area contributed by atoms with Crippen molar-refractivity contribution in [2.45, 2.75) is 26.2 Å². The third-order valence-electron chi connectivity index (χ3n) is 2.90. The number of nitrogens with zero attached hydrogens (tertiary/aromatic N) is 2. The number of para-hydroxylation sites is 1. The molecule has 0 bridgehead atoms. The average Bonchev–Trinajstić information content (AvgIpc) is 2.87. The molecule has 6 nitrogen and oxygen atoms in total. The zero-order valence-corrected chi connectivity index (χ0v) is 12.5. The second-order valence-corrected chi connectivity index (χ2v) is 5.70. The van der Waals surface area contributed by atoms with Crippen LogP contribution in [0.3, 0.4) is 0 Å². The highest BCUT2D eigenvalue weighted by Crippen LogP contribution is 2.22. The Morgan fingerprint density at radius 3 is 2.76 bits per heavy atom. The number of thiazole rings is 1. The first-order chi connectivity index (χ1) is 9.97. The van der Waals surface area contributed by atoms with E-state index in [0.29, 0.717) is 16.6 Å². The number of hydrogen-bond donors (Lipinski definition) is 1. The van der Waals surface area contributed by atoms with E-state index < -0.39 is 4.92 Å². The third-order valence-corrected chi connectivity index (χ3v) is 3.68. The largest absolute Gasteiger partial charge is 0.302 e. The summed E-state index contributed by atoms with van der Waals surface area (Å²) in [7, 11) is 0. The van der Waals surface area contributed by atoms with E-state index >= 15 is 0 Å². The molecule has 110 valence electrons. The molecule has 7 heteroatoms. The van der Waals surface area contributed by atoms with Gasteiger partial charge >= 0.3 is 0 Å². The molecule has 0 fully saturated rings. The molecule has 2 rings (SSSR count). The van der Waals surface area contributed by atoms with Crippen molar-refractivity contribution in [1.82, 2.24) is 4.98 Å². The van der Waals surface area contributed by atoms with Crippen LogP contribution < -0.4 is 5.32 Å². The first kappa shape index (κ1) is 15.1. The van der Waals surface area contributed by atoms with E-state index in [-0.39, 0.29) is 18.0 Å². The zero-order valence-electron chi connectivity index (χ0n) is 11.7. The predicted molar refractivity (Wildman–Crippen MR) is 81.6 cm³/mol. The van der Waals surface area contributed by atoms with Crippen LogP contribution in [0.25, 0.3) is 0 Å². The number of nitro groups is 1. The van der Waals surface area contributed by atoms with E-state index in [1.54, 1.807) is 18.2 Å². The van der Waals surface area contributed by atoms with Gasteiger partial charge in [0.2, 0.25) is 5.91 Å². The molecule has 21 heavy (non-hydrogen) atoms. The molecule has 0 saturated heterocycles. The van der Waals surface area contributed by atoms with Crippen LogP contribution in [-0.2, 0) is 11.2 Å². The van der Waals surface area contributed by atoms with Crippen LogP contribution in [-0.4, -0.2) is 15.8 Å². The number of benzene rings is 1. The first-order valence-electron chi connectivity index (χ1n) is 6.45. The molecule has 0 aliphatic heterocycles. The number of amides is 1. The Morgan fingerprint density at radius 1 is 1.43 bits per heavy atom. The van der Waals surface area contributed by atoms with Crippen LogP contribution >= 0.6 is 11.3 Å². The monoisotopic (exact) mass is 305 g/mol. The number of carbonyl (C=O) groups excluding carboxylic acids is 1. The lowest BCUT2D eigenvalue weighted by Crippen LogP contribution is -2.15. The Bertz CT molecular complexity index is 667. The van der Waals surface area contributed by atoms with Crippen molar-refractivity contribution in [1.29, 1.82) is 0 Å². The quantitative estimate of drug-likeness (QED) is 0.678. The fourth-order valence-corrected chi connectivity index (χ4v) is 2.67. The maximum Gasteiger partial charge on any atom is 0.273 e. The average molecular weight is 305 g/mol. The lowest BCUT2D eigenvalue weighted by molar-refractivity contribution is -0.385. The van der Waals surface area contributed by atoms with Crippen molar-refractivity contribution in [2.24, 2.45) is 0 Å². The van der Waals surface area contributed by atoms with E-state index in [2.05, 4.69) is 10.3 Å². The maximum absolute atomic E-state index is 12.0. The summed E-state index contributed by atoms with van der Waals surface area (Å²) in [6, 6.07) is 6.23. The van der Waals surface area contributed by atoms with Crippen LogP contribution in [0, 0.1) is 10.1 Å². The maximum atomic E-state index is 12.0. The minimum absolute atomic E-state index is 0.0466. The summed E-state index contributed by atoms with van der Waals surface area (Å²) in [5.74, 6) is -0.0175. The van der Waals surface area contributed by atoms with E-state index in [4.69, 9.17) is 0 Å². The molecule has 1 aromatic heterocycles. The first-order valence-corrected chi connectivity index (χ1v) is 7.33. The fraction of sp³-hybridized carbons (Fsp3) is 0.286. The standard InChI is InChI=1S/C14H15N3O3S/c1-9(2)11-8-21-14(15-11)16-13(18)7-10-5-3-4-6-12(10)17(19)20/h3-6,8-9H,7H2,1-2H3,(H,15,16,18). The molecule has 0 saturated carbocycles. The molecule has 0 aliphatic carbocycles. The van der Waals surface area contributed by atoms with Crippen LogP contribution in [0.1, 0.15) is 31.0 Å². The van der Waals surface area contributed by atoms with Crippen molar-refractivity contribution in [2.75, 3.05) is 5.32 Å². The number of carbonyl (C=O) groups is 1. The Hall–Kier alpha value is -2.28. The topological polar surface area (TPSA) is 85.1 Å². The molecule has 1 amide bonds. The van der Waals surface area contributed by atoms with Gasteiger partial charge in [-0.3, -0.25) is 14.9 Å². The van der Waals surface area contributed by atoms with Gasteiger partial charge in [-0.05, 0) is 5.92 Å². The van der Waals surface area contributed by atoms with Gasteiger partial charge in [-0.2, -0.15) is 0 Å². The Kier molecular flexibility index (Phi) is 4.64. The van der Waals surface area contributed by atoms with Crippen LogP contribution in [0.15, 0.2) is 29.6 Å². The number of nitro benzene ring substituents is 1. The highest BCUT2D eigenvalue weighted by Gasteiger charge is 2.16. The summed E-state index contributed by atoms with van der Waals surface area (Å²) >= 11 is 1.35. The Labute approximate surface area is 126 Å². The molecule has 0 atom stereocenters. The number of hydrogen-bond acceptors (Lipinski definition) is 5. The number of rotatable bonds is 5. The minimum Gasteiger partial charge on any atom is -0.302 e. The molecule has 0 spiro atoms. The summed E-state index contributed by atoms with van der Waals surface area (Å²) in [6.45, 7) is 4.04. The van der Waals surface area contributed by atoms with E-state index in [0.717, 1.165) is 5.69 Å². The SMILES string of the molecule is CC(C)c1csc(NC(=O)Cc2ccccc2[N+](=O)[O-])n1. The van der Waals surface area contributed by atoms with Crippen LogP contribution in [0.4, 0.5) is 10.8 Å². The summed E-state index contributed by atoms with van der Waals surface area (Å²) in [4.78, 5) is 26.7. The summed E-state index contributed by atoms with van der Waals surface area (Å²) < 4.78 is 0. The van der Waals surface area contributed by atoms with Crippen molar-refractivity contribution in [3.63, 3.8) is 0 Å². The predicted octanol–water partition coefficient (Wildman–Crippen LogP) is 3.36. The third kappa shape index (κ3) is 3.85. The van der Waals surface area contributed by atoms with Gasteiger partial charge in [-0.1, -0.05) is 32.0 Å². The summed E-state index contributed by atoms with van der Waals surface area (Å²) in [5.41, 5.74) is 1.26. The van der Waals surface area contributed by atoms with Gasteiger partial charge in [0.05, 0.1) is 17.0 Å². The summed E-state index contributed by atoms with van der Waals surface area (Å²) in [5, 5.41) is 16.0. The normalized spacial score (nSPS) is 10.6. The van der Waals surface area contributed by atoms with Gasteiger partial charge in [0.25, 0.3) is 5.69 Å². The van der Waals surface area contributed by atoms with Gasteiger partial charge in [0.1, 0.15) is 0 Å². The molecule has 1 aromatic carbocycles.